The van der Waals surface area contributed by atoms with E-state index in [0.29, 0.717) is 35.7 Å². The number of hydrogen-bond acceptors (Lipinski definition) is 6. The van der Waals surface area contributed by atoms with Gasteiger partial charge >= 0.3 is 5.97 Å². The number of pyridine rings is 1. The Balaban J connectivity index is 1.31. The van der Waals surface area contributed by atoms with Crippen LogP contribution in [0.25, 0.3) is 22.6 Å². The number of amides is 1. The number of aryl methyl sites for hydroxylation is 1. The van der Waals surface area contributed by atoms with Gasteiger partial charge in [-0.3, -0.25) is 9.78 Å². The van der Waals surface area contributed by atoms with Gasteiger partial charge in [0.15, 0.2) is 5.69 Å². The number of carboxylic acids is 1. The lowest BCUT2D eigenvalue weighted by molar-refractivity contribution is 0.0688. The number of carbonyl (C=O) groups is 2. The summed E-state index contributed by atoms with van der Waals surface area (Å²) in [7, 11) is 0. The Kier molecular flexibility index (Phi) is 5.55. The van der Waals surface area contributed by atoms with Gasteiger partial charge in [-0.15, -0.1) is 0 Å². The van der Waals surface area contributed by atoms with Crippen molar-refractivity contribution in [3.8, 4) is 28.3 Å². The number of fused-ring (bicyclic) bond motifs is 3. The van der Waals surface area contributed by atoms with Gasteiger partial charge in [-0.1, -0.05) is 19.1 Å². The van der Waals surface area contributed by atoms with Gasteiger partial charge in [0.05, 0.1) is 0 Å². The van der Waals surface area contributed by atoms with E-state index in [0.717, 1.165) is 22.3 Å². The standard InChI is InChI=1S/C26H21N3O5/c1-2-21-23(26(31)32)29-25(34-21)17-5-3-4-15(10-17)12-28-24(30)16-6-7-20-19-8-9-27-13-18(19)14-33-22(20)11-16/h3-11,13H,2,12,14H2,1H3,(H,28,30)(H,31,32). The molecule has 2 aromatic carbocycles. The summed E-state index contributed by atoms with van der Waals surface area (Å²) in [6, 6.07) is 14.6. The van der Waals surface area contributed by atoms with E-state index in [1.807, 2.05) is 37.3 Å². The van der Waals surface area contributed by atoms with Crippen LogP contribution in [0.1, 0.15) is 44.7 Å². The van der Waals surface area contributed by atoms with E-state index in [-0.39, 0.29) is 24.0 Å². The molecule has 0 radical (unpaired) electrons. The van der Waals surface area contributed by atoms with Crippen molar-refractivity contribution >= 4 is 11.9 Å². The van der Waals surface area contributed by atoms with Gasteiger partial charge in [0, 0.05) is 47.6 Å². The first-order valence-electron chi connectivity index (χ1n) is 10.8. The summed E-state index contributed by atoms with van der Waals surface area (Å²) in [5.74, 6) is -0.114. The number of aromatic carboxylic acids is 1. The minimum Gasteiger partial charge on any atom is -0.488 e. The van der Waals surface area contributed by atoms with Crippen molar-refractivity contribution < 1.29 is 23.8 Å². The summed E-state index contributed by atoms with van der Waals surface area (Å²) < 4.78 is 11.5. The summed E-state index contributed by atoms with van der Waals surface area (Å²) in [5, 5.41) is 12.2. The fourth-order valence-electron chi connectivity index (χ4n) is 3.95. The predicted molar refractivity (Wildman–Crippen MR) is 123 cm³/mol. The molecule has 2 N–H and O–H groups in total. The molecular weight excluding hydrogens is 434 g/mol. The Labute approximate surface area is 195 Å². The SMILES string of the molecule is CCc1oc(-c2cccc(CNC(=O)c3ccc4c(c3)OCc3cnccc3-4)c2)nc1C(=O)O. The molecule has 170 valence electrons. The van der Waals surface area contributed by atoms with Gasteiger partial charge in [0.1, 0.15) is 18.1 Å². The van der Waals surface area contributed by atoms with Crippen molar-refractivity contribution in [2.24, 2.45) is 0 Å². The molecule has 0 bridgehead atoms. The fraction of sp³-hybridized carbons (Fsp3) is 0.154. The largest absolute Gasteiger partial charge is 0.488 e. The van der Waals surface area contributed by atoms with Crippen LogP contribution in [0.4, 0.5) is 0 Å². The van der Waals surface area contributed by atoms with Crippen LogP contribution in [0.3, 0.4) is 0 Å². The molecule has 0 atom stereocenters. The molecule has 0 aliphatic carbocycles. The van der Waals surface area contributed by atoms with E-state index < -0.39 is 5.97 Å². The van der Waals surface area contributed by atoms with Crippen LogP contribution in [0.2, 0.25) is 0 Å². The van der Waals surface area contributed by atoms with E-state index in [1.54, 1.807) is 30.6 Å². The number of hydrogen-bond donors (Lipinski definition) is 2. The van der Waals surface area contributed by atoms with Crippen molar-refractivity contribution in [2.45, 2.75) is 26.5 Å². The molecule has 1 aliphatic heterocycles. The highest BCUT2D eigenvalue weighted by Crippen LogP contribution is 2.37. The number of carboxylic acid groups (broad SMARTS) is 1. The van der Waals surface area contributed by atoms with Crippen LogP contribution in [0.5, 0.6) is 5.75 Å². The number of aromatic nitrogens is 2. The maximum atomic E-state index is 12.8. The van der Waals surface area contributed by atoms with Crippen LogP contribution in [-0.2, 0) is 19.6 Å². The molecule has 0 saturated heterocycles. The van der Waals surface area contributed by atoms with Gasteiger partial charge in [-0.25, -0.2) is 9.78 Å². The third kappa shape index (κ3) is 4.01. The zero-order chi connectivity index (χ0) is 23.7. The minimum absolute atomic E-state index is 0.0790. The van der Waals surface area contributed by atoms with Crippen molar-refractivity contribution in [1.82, 2.24) is 15.3 Å². The van der Waals surface area contributed by atoms with Crippen LogP contribution >= 0.6 is 0 Å². The second-order valence-corrected chi connectivity index (χ2v) is 7.86. The second-order valence-electron chi connectivity index (χ2n) is 7.86. The first-order chi connectivity index (χ1) is 16.5. The zero-order valence-electron chi connectivity index (χ0n) is 18.4. The maximum absolute atomic E-state index is 12.8. The number of carbonyl (C=O) groups excluding carboxylic acids is 1. The zero-order valence-corrected chi connectivity index (χ0v) is 18.4. The predicted octanol–water partition coefficient (Wildman–Crippen LogP) is 4.49. The van der Waals surface area contributed by atoms with Crippen LogP contribution < -0.4 is 10.1 Å². The number of nitrogens with zero attached hydrogens (tertiary/aromatic N) is 2. The molecule has 4 aromatic rings. The van der Waals surface area contributed by atoms with Crippen molar-refractivity contribution in [1.29, 1.82) is 0 Å². The molecule has 0 saturated carbocycles. The van der Waals surface area contributed by atoms with Gasteiger partial charge < -0.3 is 19.6 Å². The Bertz CT molecular complexity index is 1410. The summed E-state index contributed by atoms with van der Waals surface area (Å²) in [6.07, 6.45) is 3.96. The highest BCUT2D eigenvalue weighted by atomic mass is 16.5. The molecule has 34 heavy (non-hydrogen) atoms. The van der Waals surface area contributed by atoms with E-state index >= 15 is 0 Å². The normalized spacial score (nSPS) is 11.8. The lowest BCUT2D eigenvalue weighted by Crippen LogP contribution is -2.23. The Morgan fingerprint density at radius 2 is 2.00 bits per heavy atom. The van der Waals surface area contributed by atoms with E-state index in [4.69, 9.17) is 9.15 Å². The Morgan fingerprint density at radius 3 is 2.79 bits per heavy atom. The van der Waals surface area contributed by atoms with Gasteiger partial charge in [-0.05, 0) is 47.5 Å². The molecule has 8 heteroatoms. The number of nitrogens with one attached hydrogen (secondary N) is 1. The summed E-state index contributed by atoms with van der Waals surface area (Å²) >= 11 is 0. The first kappa shape index (κ1) is 21.4. The van der Waals surface area contributed by atoms with E-state index in [2.05, 4.69) is 15.3 Å². The fourth-order valence-corrected chi connectivity index (χ4v) is 3.95. The smallest absolute Gasteiger partial charge is 0.358 e. The van der Waals surface area contributed by atoms with Crippen molar-refractivity contribution in [3.63, 3.8) is 0 Å². The van der Waals surface area contributed by atoms with Gasteiger partial charge in [-0.2, -0.15) is 0 Å². The van der Waals surface area contributed by atoms with Gasteiger partial charge in [0.25, 0.3) is 5.91 Å². The van der Waals surface area contributed by atoms with Gasteiger partial charge in [0.2, 0.25) is 5.89 Å². The lowest BCUT2D eigenvalue weighted by atomic mass is 9.97. The van der Waals surface area contributed by atoms with E-state index in [1.165, 1.54) is 0 Å². The topological polar surface area (TPSA) is 115 Å². The third-order valence-electron chi connectivity index (χ3n) is 5.67. The highest BCUT2D eigenvalue weighted by molar-refractivity contribution is 5.95. The number of rotatable bonds is 6. The molecule has 8 nitrogen and oxygen atoms in total. The Hall–Kier alpha value is -4.46. The van der Waals surface area contributed by atoms with Crippen LogP contribution in [0, 0.1) is 0 Å². The molecule has 0 fully saturated rings. The molecule has 3 heterocycles. The van der Waals surface area contributed by atoms with E-state index in [9.17, 15) is 14.7 Å². The second kappa shape index (κ2) is 8.82. The molecule has 5 rings (SSSR count). The Morgan fingerprint density at radius 1 is 1.12 bits per heavy atom. The highest BCUT2D eigenvalue weighted by Gasteiger charge is 2.20. The minimum atomic E-state index is -1.12. The molecule has 0 unspecified atom stereocenters. The molecule has 2 aromatic heterocycles. The monoisotopic (exact) mass is 455 g/mol. The number of oxazole rings is 1. The van der Waals surface area contributed by atoms with Crippen molar-refractivity contribution in [2.75, 3.05) is 0 Å². The summed E-state index contributed by atoms with van der Waals surface area (Å²) in [4.78, 5) is 32.4. The van der Waals surface area contributed by atoms with Crippen LogP contribution in [-0.4, -0.2) is 27.0 Å². The number of benzene rings is 2. The first-order valence-corrected chi connectivity index (χ1v) is 10.8. The van der Waals surface area contributed by atoms with Crippen molar-refractivity contribution in [3.05, 3.63) is 89.1 Å². The molecule has 1 amide bonds. The quantitative estimate of drug-likeness (QED) is 0.440. The molecule has 1 aliphatic rings. The molecule has 0 spiro atoms. The molecular formula is C26H21N3O5. The average Bonchev–Trinajstić information content (AvgIpc) is 3.32. The number of ether oxygens (including phenoxy) is 1. The summed E-state index contributed by atoms with van der Waals surface area (Å²) in [6.45, 7) is 2.51. The average molecular weight is 455 g/mol. The third-order valence-corrected chi connectivity index (χ3v) is 5.67. The summed E-state index contributed by atoms with van der Waals surface area (Å²) in [5.41, 5.74) is 4.90. The maximum Gasteiger partial charge on any atom is 0.358 e. The van der Waals surface area contributed by atoms with Crippen LogP contribution in [0.15, 0.2) is 65.3 Å². The lowest BCUT2D eigenvalue weighted by Gasteiger charge is -2.20.